The number of rotatable bonds is 3. The number of amides is 1. The van der Waals surface area contributed by atoms with E-state index < -0.39 is 0 Å². The Kier molecular flexibility index (Phi) is 3.86. The molecule has 0 fully saturated rings. The second-order valence-electron chi connectivity index (χ2n) is 3.36. The lowest BCUT2D eigenvalue weighted by atomic mass is 10.2. The highest BCUT2D eigenvalue weighted by Gasteiger charge is 2.08. The van der Waals surface area contributed by atoms with Crippen molar-refractivity contribution in [2.75, 3.05) is 5.32 Å². The monoisotopic (exact) mass is 225 g/mol. The highest BCUT2D eigenvalue weighted by atomic mass is 35.5. The van der Waals surface area contributed by atoms with E-state index in [1.54, 1.807) is 12.1 Å². The van der Waals surface area contributed by atoms with E-state index in [2.05, 4.69) is 5.32 Å². The molecule has 0 unspecified atom stereocenters. The Bertz CT molecular complexity index is 402. The molecule has 0 atom stereocenters. The lowest BCUT2D eigenvalue weighted by Crippen LogP contribution is -2.15. The fourth-order valence-electron chi connectivity index (χ4n) is 1.16. The van der Waals surface area contributed by atoms with Crippen LogP contribution in [0.25, 0.3) is 0 Å². The van der Waals surface area contributed by atoms with Crippen molar-refractivity contribution < 1.29 is 9.59 Å². The fraction of sp³-hybridized carbons (Fsp3) is 0.273. The van der Waals surface area contributed by atoms with Gasteiger partial charge < -0.3 is 5.32 Å². The van der Waals surface area contributed by atoms with Crippen molar-refractivity contribution in [3.63, 3.8) is 0 Å². The molecule has 15 heavy (non-hydrogen) atoms. The molecule has 0 aromatic heterocycles. The number of halogens is 1. The largest absolute Gasteiger partial charge is 0.324 e. The number of hydrogen-bond donors (Lipinski definition) is 1. The SMILES string of the molecule is CC(=O)CC(=O)Nc1cccc(C)c1Cl. The molecule has 0 heterocycles. The Hall–Kier alpha value is -1.35. The molecule has 0 aliphatic rings. The number of hydrogen-bond acceptors (Lipinski definition) is 2. The summed E-state index contributed by atoms with van der Waals surface area (Å²) >= 11 is 5.97. The minimum atomic E-state index is -0.338. The quantitative estimate of drug-likeness (QED) is 0.804. The van der Waals surface area contributed by atoms with Crippen molar-refractivity contribution in [1.82, 2.24) is 0 Å². The Morgan fingerprint density at radius 3 is 2.67 bits per heavy atom. The molecule has 1 aromatic rings. The molecule has 0 bridgehead atoms. The van der Waals surface area contributed by atoms with Crippen LogP contribution in [0.3, 0.4) is 0 Å². The van der Waals surface area contributed by atoms with Gasteiger partial charge in [-0.3, -0.25) is 9.59 Å². The maximum absolute atomic E-state index is 11.3. The molecule has 1 aromatic carbocycles. The zero-order valence-electron chi connectivity index (χ0n) is 8.63. The summed E-state index contributed by atoms with van der Waals surface area (Å²) in [5, 5.41) is 3.10. The average Bonchev–Trinajstić information content (AvgIpc) is 2.11. The van der Waals surface area contributed by atoms with Gasteiger partial charge in [-0.15, -0.1) is 0 Å². The highest BCUT2D eigenvalue weighted by molar-refractivity contribution is 6.34. The molecular formula is C11H12ClNO2. The molecular weight excluding hydrogens is 214 g/mol. The van der Waals surface area contributed by atoms with Crippen molar-refractivity contribution in [3.8, 4) is 0 Å². The second kappa shape index (κ2) is 4.94. The number of benzene rings is 1. The molecule has 1 amide bonds. The molecule has 1 N–H and O–H groups in total. The number of carbonyl (C=O) groups excluding carboxylic acids is 2. The van der Waals surface area contributed by atoms with E-state index in [-0.39, 0.29) is 18.1 Å². The van der Waals surface area contributed by atoms with Crippen LogP contribution in [-0.2, 0) is 9.59 Å². The third-order valence-electron chi connectivity index (χ3n) is 1.88. The lowest BCUT2D eigenvalue weighted by molar-refractivity contribution is -0.124. The molecule has 0 aliphatic heterocycles. The number of aryl methyl sites for hydroxylation is 1. The fourth-order valence-corrected chi connectivity index (χ4v) is 1.34. The van der Waals surface area contributed by atoms with Crippen LogP contribution in [0.15, 0.2) is 18.2 Å². The predicted molar refractivity (Wildman–Crippen MR) is 60.1 cm³/mol. The summed E-state index contributed by atoms with van der Waals surface area (Å²) in [5.74, 6) is -0.508. The first-order valence-corrected chi connectivity index (χ1v) is 4.93. The van der Waals surface area contributed by atoms with Crippen LogP contribution in [0.2, 0.25) is 5.02 Å². The van der Waals surface area contributed by atoms with Crippen LogP contribution in [0.4, 0.5) is 5.69 Å². The van der Waals surface area contributed by atoms with Gasteiger partial charge in [0.25, 0.3) is 0 Å². The highest BCUT2D eigenvalue weighted by Crippen LogP contribution is 2.24. The molecule has 3 nitrogen and oxygen atoms in total. The van der Waals surface area contributed by atoms with Crippen LogP contribution >= 0.6 is 11.6 Å². The summed E-state index contributed by atoms with van der Waals surface area (Å²) in [5.41, 5.74) is 1.43. The summed E-state index contributed by atoms with van der Waals surface area (Å²) in [6.45, 7) is 3.22. The summed E-state index contributed by atoms with van der Waals surface area (Å²) < 4.78 is 0. The van der Waals surface area contributed by atoms with E-state index in [4.69, 9.17) is 11.6 Å². The van der Waals surface area contributed by atoms with Crippen molar-refractivity contribution in [3.05, 3.63) is 28.8 Å². The van der Waals surface area contributed by atoms with Crippen molar-refractivity contribution in [2.45, 2.75) is 20.3 Å². The van der Waals surface area contributed by atoms with Gasteiger partial charge in [-0.25, -0.2) is 0 Å². The van der Waals surface area contributed by atoms with Crippen LogP contribution < -0.4 is 5.32 Å². The van der Waals surface area contributed by atoms with Crippen LogP contribution in [0.5, 0.6) is 0 Å². The zero-order chi connectivity index (χ0) is 11.4. The lowest BCUT2D eigenvalue weighted by Gasteiger charge is -2.07. The summed E-state index contributed by atoms with van der Waals surface area (Å²) in [6, 6.07) is 5.35. The third kappa shape index (κ3) is 3.36. The smallest absolute Gasteiger partial charge is 0.231 e. The van der Waals surface area contributed by atoms with Gasteiger partial charge in [0.05, 0.1) is 17.1 Å². The van der Waals surface area contributed by atoms with Gasteiger partial charge in [-0.2, -0.15) is 0 Å². The van der Waals surface area contributed by atoms with Gasteiger partial charge in [0.2, 0.25) is 5.91 Å². The van der Waals surface area contributed by atoms with Crippen molar-refractivity contribution >= 4 is 29.0 Å². The second-order valence-corrected chi connectivity index (χ2v) is 3.74. The summed E-state index contributed by atoms with van der Waals surface area (Å²) in [4.78, 5) is 22.0. The van der Waals surface area contributed by atoms with E-state index in [1.165, 1.54) is 6.92 Å². The minimum absolute atomic E-state index is 0.121. The van der Waals surface area contributed by atoms with Crippen LogP contribution in [0.1, 0.15) is 18.9 Å². The van der Waals surface area contributed by atoms with E-state index >= 15 is 0 Å². The first-order valence-electron chi connectivity index (χ1n) is 4.55. The first kappa shape index (κ1) is 11.7. The minimum Gasteiger partial charge on any atom is -0.324 e. The van der Waals surface area contributed by atoms with Crippen molar-refractivity contribution in [2.24, 2.45) is 0 Å². The van der Waals surface area contributed by atoms with E-state index in [0.717, 1.165) is 5.56 Å². The maximum Gasteiger partial charge on any atom is 0.231 e. The van der Waals surface area contributed by atoms with Gasteiger partial charge in [-0.1, -0.05) is 23.7 Å². The third-order valence-corrected chi connectivity index (χ3v) is 2.38. The molecule has 0 saturated carbocycles. The molecule has 0 aliphatic carbocycles. The van der Waals surface area contributed by atoms with E-state index in [0.29, 0.717) is 10.7 Å². The predicted octanol–water partition coefficient (Wildman–Crippen LogP) is 2.57. The normalized spacial score (nSPS) is 9.80. The van der Waals surface area contributed by atoms with Gasteiger partial charge in [0.1, 0.15) is 5.78 Å². The molecule has 0 radical (unpaired) electrons. The number of anilines is 1. The van der Waals surface area contributed by atoms with Crippen LogP contribution in [-0.4, -0.2) is 11.7 Å². The topological polar surface area (TPSA) is 46.2 Å². The summed E-state index contributed by atoms with van der Waals surface area (Å²) in [7, 11) is 0. The number of nitrogens with one attached hydrogen (secondary N) is 1. The average molecular weight is 226 g/mol. The number of ketones is 1. The molecule has 1 rings (SSSR count). The number of carbonyl (C=O) groups is 2. The van der Waals surface area contributed by atoms with E-state index in [1.807, 2.05) is 13.0 Å². The van der Waals surface area contributed by atoms with Gasteiger partial charge in [0.15, 0.2) is 0 Å². The maximum atomic E-state index is 11.3. The summed E-state index contributed by atoms with van der Waals surface area (Å²) in [6.07, 6.45) is -0.121. The Morgan fingerprint density at radius 1 is 1.40 bits per heavy atom. The molecule has 0 spiro atoms. The first-order chi connectivity index (χ1) is 7.00. The molecule has 80 valence electrons. The molecule has 4 heteroatoms. The van der Waals surface area contributed by atoms with Crippen molar-refractivity contribution in [1.29, 1.82) is 0 Å². The standard InChI is InChI=1S/C11H12ClNO2/c1-7-4-3-5-9(11(7)12)13-10(15)6-8(2)14/h3-5H,6H2,1-2H3,(H,13,15). The zero-order valence-corrected chi connectivity index (χ0v) is 9.39. The van der Waals surface area contributed by atoms with Gasteiger partial charge >= 0.3 is 0 Å². The number of Topliss-reactive ketones (excluding diaryl/α,β-unsaturated/α-hetero) is 1. The van der Waals surface area contributed by atoms with Crippen LogP contribution in [0, 0.1) is 6.92 Å². The molecule has 0 saturated heterocycles. The Labute approximate surface area is 93.4 Å². The Morgan fingerprint density at radius 2 is 2.07 bits per heavy atom. The van der Waals surface area contributed by atoms with Gasteiger partial charge in [-0.05, 0) is 25.5 Å². The van der Waals surface area contributed by atoms with E-state index in [9.17, 15) is 9.59 Å². The van der Waals surface area contributed by atoms with Gasteiger partial charge in [0, 0.05) is 0 Å². The Balaban J connectivity index is 2.77.